The van der Waals surface area contributed by atoms with Gasteiger partial charge in [0.2, 0.25) is 0 Å². The van der Waals surface area contributed by atoms with Crippen molar-refractivity contribution < 1.29 is 0 Å². The van der Waals surface area contributed by atoms with E-state index in [2.05, 4.69) is 181 Å². The molecule has 0 N–H and O–H groups in total. The molecule has 0 aromatic heterocycles. The number of benzene rings is 6. The van der Waals surface area contributed by atoms with Gasteiger partial charge in [-0.25, -0.2) is 0 Å². The first kappa shape index (κ1) is 26.0. The van der Waals surface area contributed by atoms with Crippen molar-refractivity contribution in [2.24, 2.45) is 0 Å². The Morgan fingerprint density at radius 3 is 1.50 bits per heavy atom. The SMILES string of the molecule is C=C/C=C\C1=C(N(c2ccccc2)c2ccc(-c3ccccc3)cc2)C2(c3ccccc31)c1ccccc1-c1ccccc12. The van der Waals surface area contributed by atoms with E-state index in [-0.39, 0.29) is 0 Å². The topological polar surface area (TPSA) is 3.24 Å². The summed E-state index contributed by atoms with van der Waals surface area (Å²) in [4.78, 5) is 2.48. The molecule has 0 radical (unpaired) electrons. The van der Waals surface area contributed by atoms with E-state index < -0.39 is 5.41 Å². The lowest BCUT2D eigenvalue weighted by Gasteiger charge is -2.39. The maximum absolute atomic E-state index is 4.04. The molecule has 0 bridgehead atoms. The van der Waals surface area contributed by atoms with Crippen LogP contribution in [0.2, 0.25) is 0 Å². The van der Waals surface area contributed by atoms with E-state index in [9.17, 15) is 0 Å². The zero-order chi connectivity index (χ0) is 29.5. The third kappa shape index (κ3) is 3.80. The molecule has 1 heteroatoms. The maximum atomic E-state index is 4.04. The predicted octanol–water partition coefficient (Wildman–Crippen LogP) is 11.0. The predicted molar refractivity (Wildman–Crippen MR) is 185 cm³/mol. The molecule has 208 valence electrons. The fraction of sp³-hybridized carbons (Fsp3) is 0.0233. The van der Waals surface area contributed by atoms with Gasteiger partial charge >= 0.3 is 0 Å². The van der Waals surface area contributed by atoms with Crippen LogP contribution in [-0.4, -0.2) is 0 Å². The van der Waals surface area contributed by atoms with Crippen molar-refractivity contribution in [3.05, 3.63) is 210 Å². The van der Waals surface area contributed by atoms with Crippen molar-refractivity contribution in [1.82, 2.24) is 0 Å². The molecule has 2 aliphatic rings. The maximum Gasteiger partial charge on any atom is 0.0881 e. The molecule has 8 rings (SSSR count). The second-order valence-corrected chi connectivity index (χ2v) is 11.3. The minimum absolute atomic E-state index is 0.515. The Bertz CT molecular complexity index is 2020. The summed E-state index contributed by atoms with van der Waals surface area (Å²) in [6.45, 7) is 4.04. The lowest BCUT2D eigenvalue weighted by Crippen LogP contribution is -2.35. The summed E-state index contributed by atoms with van der Waals surface area (Å²) in [5.41, 5.74) is 14.3. The lowest BCUT2D eigenvalue weighted by molar-refractivity contribution is 0.745. The van der Waals surface area contributed by atoms with Gasteiger partial charge in [-0.15, -0.1) is 0 Å². The summed E-state index contributed by atoms with van der Waals surface area (Å²) in [5, 5.41) is 0. The van der Waals surface area contributed by atoms with Gasteiger partial charge in [0.1, 0.15) is 0 Å². The molecular weight excluding hydrogens is 530 g/mol. The van der Waals surface area contributed by atoms with Gasteiger partial charge in [0, 0.05) is 16.9 Å². The van der Waals surface area contributed by atoms with Crippen molar-refractivity contribution in [3.63, 3.8) is 0 Å². The van der Waals surface area contributed by atoms with Crippen molar-refractivity contribution in [2.45, 2.75) is 5.41 Å². The molecule has 0 fully saturated rings. The van der Waals surface area contributed by atoms with E-state index in [1.165, 1.54) is 55.8 Å². The third-order valence-electron chi connectivity index (χ3n) is 9.05. The van der Waals surface area contributed by atoms with Crippen LogP contribution < -0.4 is 4.90 Å². The van der Waals surface area contributed by atoms with E-state index in [0.29, 0.717) is 0 Å². The van der Waals surface area contributed by atoms with E-state index in [1.807, 2.05) is 6.08 Å². The molecule has 1 spiro atoms. The standard InChI is InChI=1S/C43H31N/c1-2-3-20-38-37-23-12-15-26-41(37)43(39-24-13-10-21-35(39)36-22-11-14-25-40(36)43)42(38)44(33-18-8-5-9-19-33)34-29-27-32(28-30-34)31-16-6-4-7-17-31/h2-30H,1H2/b20-3-. The van der Waals surface area contributed by atoms with Gasteiger partial charge in [-0.1, -0.05) is 158 Å². The molecule has 1 nitrogen and oxygen atoms in total. The number of fused-ring (bicyclic) bond motifs is 7. The van der Waals surface area contributed by atoms with E-state index in [0.717, 1.165) is 11.4 Å². The van der Waals surface area contributed by atoms with Gasteiger partial charge in [-0.2, -0.15) is 0 Å². The molecule has 0 saturated heterocycles. The average molecular weight is 562 g/mol. The molecular formula is C43H31N. The molecule has 0 amide bonds. The Labute approximate surface area is 259 Å². The van der Waals surface area contributed by atoms with Gasteiger partial charge in [0.15, 0.2) is 0 Å². The number of para-hydroxylation sites is 1. The molecule has 6 aromatic rings. The first-order chi connectivity index (χ1) is 21.8. The second-order valence-electron chi connectivity index (χ2n) is 11.3. The summed E-state index contributed by atoms with van der Waals surface area (Å²) < 4.78 is 0. The van der Waals surface area contributed by atoms with Crippen LogP contribution in [-0.2, 0) is 5.41 Å². The van der Waals surface area contributed by atoms with Crippen LogP contribution in [0.4, 0.5) is 11.4 Å². The number of anilines is 2. The van der Waals surface area contributed by atoms with Crippen molar-refractivity contribution in [3.8, 4) is 22.3 Å². The zero-order valence-electron chi connectivity index (χ0n) is 24.4. The van der Waals surface area contributed by atoms with E-state index in [1.54, 1.807) is 0 Å². The first-order valence-electron chi connectivity index (χ1n) is 15.2. The summed E-state index contributed by atoms with van der Waals surface area (Å²) in [5.74, 6) is 0. The molecule has 0 saturated carbocycles. The Morgan fingerprint density at radius 1 is 0.455 bits per heavy atom. The van der Waals surface area contributed by atoms with Crippen molar-refractivity contribution in [1.29, 1.82) is 0 Å². The van der Waals surface area contributed by atoms with E-state index >= 15 is 0 Å². The van der Waals surface area contributed by atoms with Gasteiger partial charge in [0.05, 0.1) is 11.1 Å². The Hall–Kier alpha value is -5.66. The number of hydrogen-bond acceptors (Lipinski definition) is 1. The summed E-state index contributed by atoms with van der Waals surface area (Å²) in [6.07, 6.45) is 6.18. The fourth-order valence-corrected chi connectivity index (χ4v) is 7.32. The van der Waals surface area contributed by atoms with Gasteiger partial charge in [0.25, 0.3) is 0 Å². The van der Waals surface area contributed by atoms with Crippen LogP contribution in [0.1, 0.15) is 22.3 Å². The molecule has 2 aliphatic carbocycles. The van der Waals surface area contributed by atoms with E-state index in [4.69, 9.17) is 0 Å². The monoisotopic (exact) mass is 561 g/mol. The number of nitrogens with zero attached hydrogens (tertiary/aromatic N) is 1. The smallest absolute Gasteiger partial charge is 0.0881 e. The number of hydrogen-bond donors (Lipinski definition) is 0. The highest BCUT2D eigenvalue weighted by Crippen LogP contribution is 2.63. The molecule has 0 atom stereocenters. The van der Waals surface area contributed by atoms with Crippen LogP contribution in [0, 0.1) is 0 Å². The molecule has 44 heavy (non-hydrogen) atoms. The van der Waals surface area contributed by atoms with Gasteiger partial charge in [-0.05, 0) is 68.8 Å². The minimum atomic E-state index is -0.515. The van der Waals surface area contributed by atoms with Crippen LogP contribution in [0.15, 0.2) is 188 Å². The Balaban J connectivity index is 1.48. The first-order valence-corrected chi connectivity index (χ1v) is 15.2. The van der Waals surface area contributed by atoms with Crippen molar-refractivity contribution in [2.75, 3.05) is 4.90 Å². The van der Waals surface area contributed by atoms with Crippen LogP contribution in [0.25, 0.3) is 27.8 Å². The number of allylic oxidation sites excluding steroid dienone is 5. The highest BCUT2D eigenvalue weighted by molar-refractivity contribution is 6.00. The average Bonchev–Trinajstić information content (AvgIpc) is 3.56. The van der Waals surface area contributed by atoms with Crippen LogP contribution in [0.5, 0.6) is 0 Å². The van der Waals surface area contributed by atoms with Gasteiger partial charge in [-0.3, -0.25) is 0 Å². The zero-order valence-corrected chi connectivity index (χ0v) is 24.4. The molecule has 0 aliphatic heterocycles. The normalized spacial score (nSPS) is 14.0. The van der Waals surface area contributed by atoms with Gasteiger partial charge < -0.3 is 4.90 Å². The molecule has 0 unspecified atom stereocenters. The summed E-state index contributed by atoms with van der Waals surface area (Å²) in [6, 6.07) is 57.2. The number of rotatable bonds is 6. The molecule has 6 aromatic carbocycles. The summed E-state index contributed by atoms with van der Waals surface area (Å²) in [7, 11) is 0. The largest absolute Gasteiger partial charge is 0.312 e. The second kappa shape index (κ2) is 10.6. The highest BCUT2D eigenvalue weighted by atomic mass is 15.2. The summed E-state index contributed by atoms with van der Waals surface area (Å²) >= 11 is 0. The highest BCUT2D eigenvalue weighted by Gasteiger charge is 2.54. The Kier molecular flexibility index (Phi) is 6.24. The minimum Gasteiger partial charge on any atom is -0.312 e. The quantitative estimate of drug-likeness (QED) is 0.183. The van der Waals surface area contributed by atoms with Crippen molar-refractivity contribution >= 4 is 16.9 Å². The van der Waals surface area contributed by atoms with Crippen LogP contribution in [0.3, 0.4) is 0 Å². The lowest BCUT2D eigenvalue weighted by atomic mass is 9.71. The van der Waals surface area contributed by atoms with Crippen LogP contribution >= 0.6 is 0 Å². The molecule has 0 heterocycles. The third-order valence-corrected chi connectivity index (χ3v) is 9.05. The Morgan fingerprint density at radius 2 is 0.909 bits per heavy atom. The fourth-order valence-electron chi connectivity index (χ4n) is 7.32.